The van der Waals surface area contributed by atoms with Crippen molar-refractivity contribution in [2.45, 2.75) is 19.8 Å². The smallest absolute Gasteiger partial charge is 0.220 e. The Kier molecular flexibility index (Phi) is 3.49. The Morgan fingerprint density at radius 1 is 1.83 bits per heavy atom. The van der Waals surface area contributed by atoms with Gasteiger partial charge in [-0.15, -0.1) is 0 Å². The number of rotatable bonds is 4. The maximum Gasteiger partial charge on any atom is 0.220 e. The summed E-state index contributed by atoms with van der Waals surface area (Å²) in [6.45, 7) is 3.12. The van der Waals surface area contributed by atoms with E-state index in [9.17, 15) is 4.79 Å². The molecule has 0 saturated carbocycles. The zero-order valence-corrected chi connectivity index (χ0v) is 7.25. The molecule has 0 aromatic carbocycles. The van der Waals surface area contributed by atoms with Gasteiger partial charge in [0, 0.05) is 13.0 Å². The van der Waals surface area contributed by atoms with Gasteiger partial charge in [0.15, 0.2) is 0 Å². The number of carbonyl (C=O) groups is 1. The highest BCUT2D eigenvalue weighted by molar-refractivity contribution is 5.78. The van der Waals surface area contributed by atoms with E-state index in [1.165, 1.54) is 0 Å². The van der Waals surface area contributed by atoms with Crippen LogP contribution in [0.4, 0.5) is 0 Å². The molecule has 70 valence electrons. The third-order valence-electron chi connectivity index (χ3n) is 2.16. The molecule has 1 fully saturated rings. The van der Waals surface area contributed by atoms with E-state index in [-0.39, 0.29) is 5.91 Å². The van der Waals surface area contributed by atoms with Crippen molar-refractivity contribution in [2.24, 2.45) is 11.8 Å². The molecule has 1 aliphatic heterocycles. The molecule has 0 bridgehead atoms. The lowest BCUT2D eigenvalue weighted by Gasteiger charge is -2.12. The van der Waals surface area contributed by atoms with E-state index >= 15 is 0 Å². The van der Waals surface area contributed by atoms with Crippen LogP contribution in [0.2, 0.25) is 0 Å². The first kappa shape index (κ1) is 9.48. The second-order valence-electron chi connectivity index (χ2n) is 3.51. The molecule has 12 heavy (non-hydrogen) atoms. The maximum atomic E-state index is 10.8. The van der Waals surface area contributed by atoms with Gasteiger partial charge in [0.2, 0.25) is 5.91 Å². The van der Waals surface area contributed by atoms with Crippen LogP contribution in [0.15, 0.2) is 0 Å². The summed E-state index contributed by atoms with van der Waals surface area (Å²) in [5, 5.41) is 11.0. The van der Waals surface area contributed by atoms with Gasteiger partial charge in [0.25, 0.3) is 0 Å². The monoisotopic (exact) mass is 173 g/mol. The molecule has 2 atom stereocenters. The zero-order valence-electron chi connectivity index (χ0n) is 7.25. The molecular formula is C8H15NO3. The number of hydrogen-bond acceptors (Lipinski definition) is 3. The highest BCUT2D eigenvalue weighted by Crippen LogP contribution is 2.18. The molecule has 1 amide bonds. The lowest BCUT2D eigenvalue weighted by atomic mass is 9.96. The maximum absolute atomic E-state index is 10.8. The Bertz CT molecular complexity index is 160. The van der Waals surface area contributed by atoms with Gasteiger partial charge in [-0.3, -0.25) is 10.1 Å². The predicted octanol–water partition coefficient (Wildman–Crippen LogP) is 0.638. The first-order chi connectivity index (χ1) is 5.72. The van der Waals surface area contributed by atoms with Crippen molar-refractivity contribution < 1.29 is 14.9 Å². The highest BCUT2D eigenvalue weighted by atomic mass is 17.1. The molecule has 0 spiro atoms. The summed E-state index contributed by atoms with van der Waals surface area (Å²) < 4.78 is 0. The van der Waals surface area contributed by atoms with Crippen LogP contribution in [0.25, 0.3) is 0 Å². The molecule has 4 heteroatoms. The fraction of sp³-hybridized carbons (Fsp3) is 0.875. The van der Waals surface area contributed by atoms with Crippen molar-refractivity contribution in [3.8, 4) is 0 Å². The summed E-state index contributed by atoms with van der Waals surface area (Å²) in [6, 6.07) is 0. The SMILES string of the molecule is CC(COO)CC1CNC(=O)C1. The van der Waals surface area contributed by atoms with Gasteiger partial charge in [-0.1, -0.05) is 6.92 Å². The van der Waals surface area contributed by atoms with Crippen LogP contribution in [0.3, 0.4) is 0 Å². The second kappa shape index (κ2) is 4.42. The van der Waals surface area contributed by atoms with Gasteiger partial charge in [0.1, 0.15) is 0 Å². The number of carbonyl (C=O) groups excluding carboxylic acids is 1. The lowest BCUT2D eigenvalue weighted by Crippen LogP contribution is -2.15. The van der Waals surface area contributed by atoms with E-state index in [0.717, 1.165) is 13.0 Å². The number of nitrogens with one attached hydrogen (secondary N) is 1. The first-order valence-electron chi connectivity index (χ1n) is 4.25. The summed E-state index contributed by atoms with van der Waals surface area (Å²) in [7, 11) is 0. The number of hydrogen-bond donors (Lipinski definition) is 2. The molecule has 1 saturated heterocycles. The minimum atomic E-state index is 0.136. The van der Waals surface area contributed by atoms with Gasteiger partial charge in [-0.2, -0.15) is 0 Å². The van der Waals surface area contributed by atoms with Crippen LogP contribution < -0.4 is 5.32 Å². The van der Waals surface area contributed by atoms with E-state index in [1.807, 2.05) is 6.92 Å². The molecule has 0 aromatic heterocycles. The normalized spacial score (nSPS) is 25.5. The fourth-order valence-corrected chi connectivity index (χ4v) is 1.60. The molecule has 0 aromatic rings. The van der Waals surface area contributed by atoms with Gasteiger partial charge < -0.3 is 5.32 Å². The molecule has 4 nitrogen and oxygen atoms in total. The topological polar surface area (TPSA) is 58.6 Å². The molecule has 2 unspecified atom stereocenters. The Hall–Kier alpha value is -0.610. The molecule has 1 rings (SSSR count). The third kappa shape index (κ3) is 2.79. The zero-order chi connectivity index (χ0) is 8.97. The van der Waals surface area contributed by atoms with E-state index in [4.69, 9.17) is 5.26 Å². The Balaban J connectivity index is 2.18. The van der Waals surface area contributed by atoms with Crippen molar-refractivity contribution in [3.63, 3.8) is 0 Å². The molecule has 0 radical (unpaired) electrons. The van der Waals surface area contributed by atoms with Gasteiger partial charge in [0.05, 0.1) is 6.61 Å². The largest absolute Gasteiger partial charge is 0.356 e. The molecule has 2 N–H and O–H groups in total. The summed E-state index contributed by atoms with van der Waals surface area (Å²) in [5.41, 5.74) is 0. The Morgan fingerprint density at radius 3 is 3.08 bits per heavy atom. The second-order valence-corrected chi connectivity index (χ2v) is 3.51. The Morgan fingerprint density at radius 2 is 2.58 bits per heavy atom. The minimum Gasteiger partial charge on any atom is -0.356 e. The van der Waals surface area contributed by atoms with Crippen molar-refractivity contribution in [2.75, 3.05) is 13.2 Å². The summed E-state index contributed by atoms with van der Waals surface area (Å²) >= 11 is 0. The van der Waals surface area contributed by atoms with Crippen LogP contribution in [0.5, 0.6) is 0 Å². The van der Waals surface area contributed by atoms with Crippen LogP contribution in [0, 0.1) is 11.8 Å². The van der Waals surface area contributed by atoms with Gasteiger partial charge in [-0.05, 0) is 18.3 Å². The average molecular weight is 173 g/mol. The van der Waals surface area contributed by atoms with Crippen molar-refractivity contribution in [3.05, 3.63) is 0 Å². The highest BCUT2D eigenvalue weighted by Gasteiger charge is 2.22. The van der Waals surface area contributed by atoms with Crippen LogP contribution >= 0.6 is 0 Å². The molecular weight excluding hydrogens is 158 g/mol. The Labute approximate surface area is 71.8 Å². The summed E-state index contributed by atoms with van der Waals surface area (Å²) in [5.74, 6) is 0.868. The van der Waals surface area contributed by atoms with Crippen LogP contribution in [-0.2, 0) is 9.68 Å². The van der Waals surface area contributed by atoms with Crippen molar-refractivity contribution >= 4 is 5.91 Å². The molecule has 1 aliphatic rings. The van der Waals surface area contributed by atoms with Gasteiger partial charge in [-0.25, -0.2) is 4.89 Å². The van der Waals surface area contributed by atoms with Gasteiger partial charge >= 0.3 is 0 Å². The van der Waals surface area contributed by atoms with E-state index in [2.05, 4.69) is 10.2 Å². The van der Waals surface area contributed by atoms with E-state index in [1.54, 1.807) is 0 Å². The predicted molar refractivity (Wildman–Crippen MR) is 43.5 cm³/mol. The summed E-state index contributed by atoms with van der Waals surface area (Å²) in [6.07, 6.45) is 1.55. The van der Waals surface area contributed by atoms with Crippen molar-refractivity contribution in [1.29, 1.82) is 0 Å². The quantitative estimate of drug-likeness (QED) is 0.484. The fourth-order valence-electron chi connectivity index (χ4n) is 1.60. The third-order valence-corrected chi connectivity index (χ3v) is 2.16. The summed E-state index contributed by atoms with van der Waals surface area (Å²) in [4.78, 5) is 14.8. The van der Waals surface area contributed by atoms with Crippen LogP contribution in [0.1, 0.15) is 19.8 Å². The van der Waals surface area contributed by atoms with E-state index < -0.39 is 0 Å². The molecule has 0 aliphatic carbocycles. The molecule has 1 heterocycles. The van der Waals surface area contributed by atoms with E-state index in [0.29, 0.717) is 24.9 Å². The number of amides is 1. The average Bonchev–Trinajstić information content (AvgIpc) is 2.36. The van der Waals surface area contributed by atoms with Crippen molar-refractivity contribution in [1.82, 2.24) is 5.32 Å². The minimum absolute atomic E-state index is 0.136. The standard InChI is InChI=1S/C8H15NO3/c1-6(5-12-11)2-7-3-8(10)9-4-7/h6-7,11H,2-5H2,1H3,(H,9,10). The lowest BCUT2D eigenvalue weighted by molar-refractivity contribution is -0.250. The van der Waals surface area contributed by atoms with Crippen LogP contribution in [-0.4, -0.2) is 24.3 Å². The first-order valence-corrected chi connectivity index (χ1v) is 4.25.